The van der Waals surface area contributed by atoms with Crippen LogP contribution in [0.2, 0.25) is 0 Å². The number of nitrogens with zero attached hydrogens (tertiary/aromatic N) is 1. The second-order valence-corrected chi connectivity index (χ2v) is 6.98. The van der Waals surface area contributed by atoms with Gasteiger partial charge in [-0.15, -0.1) is 0 Å². The van der Waals surface area contributed by atoms with E-state index in [1.54, 1.807) is 32.4 Å². The third kappa shape index (κ3) is 4.44. The maximum Gasteiger partial charge on any atom is 0.253 e. The Morgan fingerprint density at radius 1 is 0.929 bits per heavy atom. The Labute approximate surface area is 165 Å². The lowest BCUT2D eigenvalue weighted by molar-refractivity contribution is 0.0698. The zero-order valence-corrected chi connectivity index (χ0v) is 16.5. The molecular weight excluding hydrogens is 356 g/mol. The number of benzene rings is 2. The fourth-order valence-electron chi connectivity index (χ4n) is 3.35. The number of hydrogen-bond donors (Lipinski definition) is 1. The maximum absolute atomic E-state index is 12.6. The molecule has 1 fully saturated rings. The molecule has 0 atom stereocenters. The molecule has 0 bridgehead atoms. The Morgan fingerprint density at radius 3 is 2.14 bits per heavy atom. The smallest absolute Gasteiger partial charge is 0.253 e. The van der Waals surface area contributed by atoms with Crippen LogP contribution in [0.3, 0.4) is 0 Å². The molecule has 2 amide bonds. The molecule has 0 saturated carbocycles. The number of ether oxygens (including phenoxy) is 2. The molecule has 148 valence electrons. The summed E-state index contributed by atoms with van der Waals surface area (Å²) in [6.45, 7) is 3.26. The number of nitrogens with one attached hydrogen (secondary N) is 1. The molecule has 1 aliphatic rings. The standard InChI is InChI=1S/C22H26N2O4/c1-15-4-6-16(7-5-15)22(26)24-12-10-18(11-13-24)23-21(25)17-8-9-19(27-2)20(14-17)28-3/h4-9,14,18H,10-13H2,1-3H3,(H,23,25). The summed E-state index contributed by atoms with van der Waals surface area (Å²) in [5.41, 5.74) is 2.36. The summed E-state index contributed by atoms with van der Waals surface area (Å²) in [4.78, 5) is 27.0. The van der Waals surface area contributed by atoms with Crippen LogP contribution in [0.4, 0.5) is 0 Å². The summed E-state index contributed by atoms with van der Waals surface area (Å²) in [5.74, 6) is 1.00. The summed E-state index contributed by atoms with van der Waals surface area (Å²) in [6, 6.07) is 12.8. The number of rotatable bonds is 5. The Kier molecular flexibility index (Phi) is 6.19. The summed E-state index contributed by atoms with van der Waals surface area (Å²) < 4.78 is 10.5. The van der Waals surface area contributed by atoms with Crippen molar-refractivity contribution in [2.45, 2.75) is 25.8 Å². The molecule has 0 aliphatic carbocycles. The van der Waals surface area contributed by atoms with Crippen molar-refractivity contribution >= 4 is 11.8 Å². The molecule has 28 heavy (non-hydrogen) atoms. The molecule has 6 nitrogen and oxygen atoms in total. The molecular formula is C22H26N2O4. The van der Waals surface area contributed by atoms with E-state index in [9.17, 15) is 9.59 Å². The fraction of sp³-hybridized carbons (Fsp3) is 0.364. The van der Waals surface area contributed by atoms with Crippen LogP contribution in [0.5, 0.6) is 11.5 Å². The number of carbonyl (C=O) groups is 2. The van der Waals surface area contributed by atoms with Crippen molar-refractivity contribution in [3.05, 3.63) is 59.2 Å². The van der Waals surface area contributed by atoms with Crippen LogP contribution in [-0.4, -0.2) is 50.1 Å². The zero-order valence-electron chi connectivity index (χ0n) is 16.5. The summed E-state index contributed by atoms with van der Waals surface area (Å²) in [6.07, 6.45) is 1.47. The minimum absolute atomic E-state index is 0.0441. The monoisotopic (exact) mass is 382 g/mol. The third-order valence-electron chi connectivity index (χ3n) is 5.06. The molecule has 1 aliphatic heterocycles. The average molecular weight is 382 g/mol. The molecule has 0 unspecified atom stereocenters. The van der Waals surface area contributed by atoms with Crippen LogP contribution in [0, 0.1) is 6.92 Å². The van der Waals surface area contributed by atoms with Crippen molar-refractivity contribution in [2.24, 2.45) is 0 Å². The number of amides is 2. The third-order valence-corrected chi connectivity index (χ3v) is 5.06. The molecule has 3 rings (SSSR count). The average Bonchev–Trinajstić information content (AvgIpc) is 2.73. The van der Waals surface area contributed by atoms with Crippen molar-refractivity contribution in [1.82, 2.24) is 10.2 Å². The van der Waals surface area contributed by atoms with Crippen LogP contribution in [0.25, 0.3) is 0 Å². The molecule has 1 N–H and O–H groups in total. The number of hydrogen-bond acceptors (Lipinski definition) is 4. The molecule has 1 heterocycles. The Balaban J connectivity index is 1.56. The van der Waals surface area contributed by atoms with Gasteiger partial charge >= 0.3 is 0 Å². The lowest BCUT2D eigenvalue weighted by atomic mass is 10.0. The highest BCUT2D eigenvalue weighted by atomic mass is 16.5. The Hall–Kier alpha value is -3.02. The molecule has 2 aromatic rings. The first-order valence-electron chi connectivity index (χ1n) is 9.40. The normalized spacial score (nSPS) is 14.5. The minimum atomic E-state index is -0.149. The number of aryl methyl sites for hydroxylation is 1. The molecule has 0 aromatic heterocycles. The van der Waals surface area contributed by atoms with Gasteiger partial charge in [-0.2, -0.15) is 0 Å². The number of piperidine rings is 1. The largest absolute Gasteiger partial charge is 0.493 e. The molecule has 6 heteroatoms. The van der Waals surface area contributed by atoms with Crippen molar-refractivity contribution in [1.29, 1.82) is 0 Å². The molecule has 2 aromatic carbocycles. The highest BCUT2D eigenvalue weighted by molar-refractivity contribution is 5.95. The van der Waals surface area contributed by atoms with E-state index in [4.69, 9.17) is 9.47 Å². The quantitative estimate of drug-likeness (QED) is 0.863. The Morgan fingerprint density at radius 2 is 1.54 bits per heavy atom. The van der Waals surface area contributed by atoms with Gasteiger partial charge in [0, 0.05) is 30.3 Å². The van der Waals surface area contributed by atoms with E-state index in [1.165, 1.54) is 0 Å². The van der Waals surface area contributed by atoms with Gasteiger partial charge in [0.15, 0.2) is 11.5 Å². The number of carbonyl (C=O) groups excluding carboxylic acids is 2. The summed E-state index contributed by atoms with van der Waals surface area (Å²) >= 11 is 0. The van der Waals surface area contributed by atoms with Crippen molar-refractivity contribution in [2.75, 3.05) is 27.3 Å². The van der Waals surface area contributed by atoms with Crippen molar-refractivity contribution in [3.63, 3.8) is 0 Å². The highest BCUT2D eigenvalue weighted by Crippen LogP contribution is 2.27. The maximum atomic E-state index is 12.6. The molecule has 0 spiro atoms. The molecule has 0 radical (unpaired) electrons. The predicted molar refractivity (Wildman–Crippen MR) is 107 cm³/mol. The van der Waals surface area contributed by atoms with Gasteiger partial charge in [-0.1, -0.05) is 17.7 Å². The van der Waals surface area contributed by atoms with Crippen molar-refractivity contribution < 1.29 is 19.1 Å². The number of methoxy groups -OCH3 is 2. The second kappa shape index (κ2) is 8.78. The van der Waals surface area contributed by atoms with E-state index in [0.717, 1.165) is 18.4 Å². The van der Waals surface area contributed by atoms with Gasteiger partial charge < -0.3 is 19.7 Å². The lowest BCUT2D eigenvalue weighted by Gasteiger charge is -2.32. The van der Waals surface area contributed by atoms with Gasteiger partial charge in [-0.05, 0) is 50.1 Å². The fourth-order valence-corrected chi connectivity index (χ4v) is 3.35. The Bertz CT molecular complexity index is 840. The van der Waals surface area contributed by atoms with E-state index in [-0.39, 0.29) is 17.9 Å². The zero-order chi connectivity index (χ0) is 20.1. The van der Waals surface area contributed by atoms with E-state index in [0.29, 0.717) is 35.7 Å². The van der Waals surface area contributed by atoms with Crippen LogP contribution in [0.1, 0.15) is 39.1 Å². The highest BCUT2D eigenvalue weighted by Gasteiger charge is 2.25. The molecule has 1 saturated heterocycles. The van der Waals surface area contributed by atoms with Gasteiger partial charge in [0.2, 0.25) is 0 Å². The van der Waals surface area contributed by atoms with Gasteiger partial charge in [0.25, 0.3) is 11.8 Å². The van der Waals surface area contributed by atoms with Gasteiger partial charge in [0.05, 0.1) is 14.2 Å². The number of likely N-dealkylation sites (tertiary alicyclic amines) is 1. The predicted octanol–water partition coefficient (Wildman–Crippen LogP) is 3.05. The second-order valence-electron chi connectivity index (χ2n) is 6.98. The first-order valence-corrected chi connectivity index (χ1v) is 9.40. The van der Waals surface area contributed by atoms with E-state index >= 15 is 0 Å². The van der Waals surface area contributed by atoms with Gasteiger partial charge in [-0.3, -0.25) is 9.59 Å². The lowest BCUT2D eigenvalue weighted by Crippen LogP contribution is -2.46. The first-order chi connectivity index (χ1) is 13.5. The first kappa shape index (κ1) is 19.7. The van der Waals surface area contributed by atoms with E-state index < -0.39 is 0 Å². The SMILES string of the molecule is COc1ccc(C(=O)NC2CCN(C(=O)c3ccc(C)cc3)CC2)cc1OC. The van der Waals surface area contributed by atoms with Crippen LogP contribution >= 0.6 is 0 Å². The van der Waals surface area contributed by atoms with Gasteiger partial charge in [-0.25, -0.2) is 0 Å². The minimum Gasteiger partial charge on any atom is -0.493 e. The van der Waals surface area contributed by atoms with Crippen LogP contribution < -0.4 is 14.8 Å². The summed E-state index contributed by atoms with van der Waals surface area (Å²) in [5, 5.41) is 3.06. The van der Waals surface area contributed by atoms with E-state index in [2.05, 4.69) is 5.32 Å². The summed E-state index contributed by atoms with van der Waals surface area (Å²) in [7, 11) is 3.10. The topological polar surface area (TPSA) is 67.9 Å². The van der Waals surface area contributed by atoms with Crippen LogP contribution in [0.15, 0.2) is 42.5 Å². The van der Waals surface area contributed by atoms with Crippen molar-refractivity contribution in [3.8, 4) is 11.5 Å². The van der Waals surface area contributed by atoms with E-state index in [1.807, 2.05) is 36.1 Å². The van der Waals surface area contributed by atoms with Crippen LogP contribution in [-0.2, 0) is 0 Å². The van der Waals surface area contributed by atoms with Gasteiger partial charge in [0.1, 0.15) is 0 Å².